The molecule has 0 saturated heterocycles. The molecule has 0 aliphatic heterocycles. The minimum Gasteiger partial charge on any atom is -0.496 e. The lowest BCUT2D eigenvalue weighted by Gasteiger charge is -2.16. The smallest absolute Gasteiger partial charge is 0.124 e. The number of halogens is 2. The van der Waals surface area contributed by atoms with Crippen molar-refractivity contribution in [2.24, 2.45) is 0 Å². The first-order valence-electron chi connectivity index (χ1n) is 6.55. The summed E-state index contributed by atoms with van der Waals surface area (Å²) in [5.41, 5.74) is 4.72. The summed E-state index contributed by atoms with van der Waals surface area (Å²) in [6.45, 7) is 4.15. The second-order valence-corrected chi connectivity index (χ2v) is 6.46. The summed E-state index contributed by atoms with van der Waals surface area (Å²) in [4.78, 5) is 0.241. The molecule has 0 spiro atoms. The average Bonchev–Trinajstić information content (AvgIpc) is 2.41. The van der Waals surface area contributed by atoms with Crippen LogP contribution in [-0.4, -0.2) is 7.11 Å². The van der Waals surface area contributed by atoms with Crippen LogP contribution >= 0.6 is 27.5 Å². The van der Waals surface area contributed by atoms with E-state index in [2.05, 4.69) is 48.0 Å². The number of benzene rings is 2. The van der Waals surface area contributed by atoms with Crippen LogP contribution in [-0.2, 0) is 6.42 Å². The molecule has 0 fully saturated rings. The normalized spacial score (nSPS) is 12.2. The molecule has 2 aromatic carbocycles. The van der Waals surface area contributed by atoms with E-state index in [9.17, 15) is 0 Å². The van der Waals surface area contributed by atoms with Gasteiger partial charge in [-0.3, -0.25) is 0 Å². The van der Waals surface area contributed by atoms with Gasteiger partial charge in [0.25, 0.3) is 0 Å². The molecule has 0 aromatic heterocycles. The lowest BCUT2D eigenvalue weighted by Crippen LogP contribution is -1.99. The van der Waals surface area contributed by atoms with Crippen LogP contribution in [0.2, 0.25) is 5.02 Å². The molecule has 0 saturated carbocycles. The molecule has 1 atom stereocenters. The maximum absolute atomic E-state index is 6.23. The summed E-state index contributed by atoms with van der Waals surface area (Å²) in [5.74, 6) is 0.964. The number of rotatable bonds is 4. The van der Waals surface area contributed by atoms with Gasteiger partial charge in [-0.1, -0.05) is 57.9 Å². The van der Waals surface area contributed by atoms with Gasteiger partial charge >= 0.3 is 0 Å². The fourth-order valence-electron chi connectivity index (χ4n) is 2.46. The van der Waals surface area contributed by atoms with Gasteiger partial charge in [0.1, 0.15) is 5.75 Å². The Morgan fingerprint density at radius 3 is 2.30 bits per heavy atom. The van der Waals surface area contributed by atoms with E-state index >= 15 is 0 Å². The number of methoxy groups -OCH3 is 1. The van der Waals surface area contributed by atoms with Gasteiger partial charge in [-0.25, -0.2) is 0 Å². The Hall–Kier alpha value is -0.990. The third-order valence-electron chi connectivity index (χ3n) is 3.41. The number of alkyl halides is 1. The van der Waals surface area contributed by atoms with Crippen molar-refractivity contribution >= 4 is 27.5 Å². The minimum absolute atomic E-state index is 0.241. The van der Waals surface area contributed by atoms with Crippen LogP contribution in [0.25, 0.3) is 0 Å². The first-order valence-corrected chi connectivity index (χ1v) is 7.85. The number of hydrogen-bond donors (Lipinski definition) is 0. The maximum atomic E-state index is 6.23. The fraction of sp³-hybridized carbons (Fsp3) is 0.294. The third kappa shape index (κ3) is 3.36. The van der Waals surface area contributed by atoms with Crippen LogP contribution in [0, 0.1) is 13.8 Å². The minimum atomic E-state index is 0.241. The van der Waals surface area contributed by atoms with Gasteiger partial charge in [-0.05, 0) is 48.6 Å². The van der Waals surface area contributed by atoms with Gasteiger partial charge in [-0.2, -0.15) is 0 Å². The quantitative estimate of drug-likeness (QED) is 0.646. The van der Waals surface area contributed by atoms with Gasteiger partial charge in [0.05, 0.1) is 7.11 Å². The molecule has 20 heavy (non-hydrogen) atoms. The first-order chi connectivity index (χ1) is 9.52. The van der Waals surface area contributed by atoms with Crippen LogP contribution < -0.4 is 4.74 Å². The summed E-state index contributed by atoms with van der Waals surface area (Å²) in [6, 6.07) is 12.3. The van der Waals surface area contributed by atoms with E-state index in [4.69, 9.17) is 16.3 Å². The predicted octanol–water partition coefficient (Wildman–Crippen LogP) is 5.64. The van der Waals surface area contributed by atoms with Crippen LogP contribution in [0.4, 0.5) is 0 Å². The van der Waals surface area contributed by atoms with E-state index in [1.165, 1.54) is 5.56 Å². The third-order valence-corrected chi connectivity index (χ3v) is 4.63. The zero-order valence-electron chi connectivity index (χ0n) is 11.9. The molecule has 106 valence electrons. The Bertz CT molecular complexity index is 587. The zero-order valence-corrected chi connectivity index (χ0v) is 14.3. The Morgan fingerprint density at radius 2 is 1.75 bits per heavy atom. The zero-order chi connectivity index (χ0) is 14.7. The predicted molar refractivity (Wildman–Crippen MR) is 89.3 cm³/mol. The molecule has 0 amide bonds. The summed E-state index contributed by atoms with van der Waals surface area (Å²) >= 11 is 10.00. The molecule has 1 nitrogen and oxygen atoms in total. The Morgan fingerprint density at radius 1 is 1.15 bits per heavy atom. The highest BCUT2D eigenvalue weighted by Gasteiger charge is 2.13. The van der Waals surface area contributed by atoms with Gasteiger partial charge in [0.15, 0.2) is 0 Å². The van der Waals surface area contributed by atoms with E-state index in [0.29, 0.717) is 0 Å². The van der Waals surface area contributed by atoms with Gasteiger partial charge < -0.3 is 4.74 Å². The number of hydrogen-bond acceptors (Lipinski definition) is 1. The van der Waals surface area contributed by atoms with Crippen molar-refractivity contribution in [3.63, 3.8) is 0 Å². The topological polar surface area (TPSA) is 9.23 Å². The average molecular weight is 354 g/mol. The lowest BCUT2D eigenvalue weighted by molar-refractivity contribution is 0.408. The highest BCUT2D eigenvalue weighted by atomic mass is 79.9. The molecule has 1 unspecified atom stereocenters. The second kappa shape index (κ2) is 6.64. The van der Waals surface area contributed by atoms with Gasteiger partial charge in [0.2, 0.25) is 0 Å². The molecular weight excluding hydrogens is 336 g/mol. The Balaban J connectivity index is 2.26. The first kappa shape index (κ1) is 15.4. The molecule has 3 heteroatoms. The highest BCUT2D eigenvalue weighted by Crippen LogP contribution is 2.34. The van der Waals surface area contributed by atoms with E-state index in [-0.39, 0.29) is 4.83 Å². The maximum Gasteiger partial charge on any atom is 0.124 e. The number of ether oxygens (including phenoxy) is 1. The number of aryl methyl sites for hydroxylation is 2. The molecule has 0 bridgehead atoms. The summed E-state index contributed by atoms with van der Waals surface area (Å²) in [7, 11) is 1.71. The summed E-state index contributed by atoms with van der Waals surface area (Å²) < 4.78 is 5.41. The monoisotopic (exact) mass is 352 g/mol. The molecule has 0 N–H and O–H groups in total. The Labute approximate surface area is 134 Å². The Kier molecular flexibility index (Phi) is 5.11. The molecule has 2 rings (SSSR count). The molecular formula is C17H18BrClO. The van der Waals surface area contributed by atoms with E-state index in [0.717, 1.165) is 33.9 Å². The second-order valence-electron chi connectivity index (χ2n) is 4.95. The van der Waals surface area contributed by atoms with Crippen molar-refractivity contribution in [2.75, 3.05) is 7.11 Å². The van der Waals surface area contributed by atoms with Crippen LogP contribution in [0.3, 0.4) is 0 Å². The van der Waals surface area contributed by atoms with Crippen molar-refractivity contribution in [2.45, 2.75) is 25.1 Å². The molecule has 2 aromatic rings. The molecule has 0 aliphatic rings. The molecule has 0 aliphatic carbocycles. The van der Waals surface area contributed by atoms with Crippen molar-refractivity contribution in [3.8, 4) is 5.75 Å². The summed E-state index contributed by atoms with van der Waals surface area (Å²) in [5, 5.41) is 0.818. The van der Waals surface area contributed by atoms with Crippen LogP contribution in [0.5, 0.6) is 5.75 Å². The van der Waals surface area contributed by atoms with Crippen molar-refractivity contribution in [3.05, 3.63) is 63.7 Å². The van der Waals surface area contributed by atoms with Gasteiger partial charge in [-0.15, -0.1) is 0 Å². The van der Waals surface area contributed by atoms with Crippen molar-refractivity contribution in [1.82, 2.24) is 0 Å². The SMILES string of the molecule is COc1c(C)cc(C(Br)Cc2ccccc2Cl)cc1C. The standard InChI is InChI=1S/C17H18BrClO/c1-11-8-14(9-12(2)17(11)20-3)15(18)10-13-6-4-5-7-16(13)19/h4-9,15H,10H2,1-3H3. The molecule has 0 radical (unpaired) electrons. The lowest BCUT2D eigenvalue weighted by atomic mass is 9.99. The molecule has 0 heterocycles. The fourth-order valence-corrected chi connectivity index (χ4v) is 3.29. The largest absolute Gasteiger partial charge is 0.496 e. The van der Waals surface area contributed by atoms with E-state index in [1.54, 1.807) is 7.11 Å². The van der Waals surface area contributed by atoms with Crippen LogP contribution in [0.15, 0.2) is 36.4 Å². The van der Waals surface area contributed by atoms with Gasteiger partial charge in [0, 0.05) is 9.85 Å². The van der Waals surface area contributed by atoms with E-state index < -0.39 is 0 Å². The summed E-state index contributed by atoms with van der Waals surface area (Å²) in [6.07, 6.45) is 0.866. The van der Waals surface area contributed by atoms with E-state index in [1.807, 2.05) is 18.2 Å². The van der Waals surface area contributed by atoms with Crippen molar-refractivity contribution in [1.29, 1.82) is 0 Å². The van der Waals surface area contributed by atoms with Crippen LogP contribution in [0.1, 0.15) is 27.1 Å². The highest BCUT2D eigenvalue weighted by molar-refractivity contribution is 9.09. The van der Waals surface area contributed by atoms with Crippen molar-refractivity contribution < 1.29 is 4.74 Å².